The van der Waals surface area contributed by atoms with Crippen LogP contribution in [0.4, 0.5) is 4.79 Å². The highest BCUT2D eigenvalue weighted by atomic mass is 35.5. The van der Waals surface area contributed by atoms with Crippen molar-refractivity contribution >= 4 is 63.9 Å². The van der Waals surface area contributed by atoms with Crippen LogP contribution in [0.25, 0.3) is 21.6 Å². The third-order valence-electron chi connectivity index (χ3n) is 9.80. The number of Topliss-reactive ketones (excluding diaryl/α,β-unsaturated/α-hetero) is 1. The summed E-state index contributed by atoms with van der Waals surface area (Å²) in [5.41, 5.74) is 3.53. The number of hydrogen-bond donors (Lipinski definition) is 2. The predicted molar refractivity (Wildman–Crippen MR) is 187 cm³/mol. The Morgan fingerprint density at radius 3 is 2.60 bits per heavy atom. The Labute approximate surface area is 297 Å². The Kier molecular flexibility index (Phi) is 10.1. The monoisotopic (exact) mass is 719 g/mol. The summed E-state index contributed by atoms with van der Waals surface area (Å²) in [4.78, 5) is 69.4. The molecular formula is C36H38ClN5O7S. The fourth-order valence-electron chi connectivity index (χ4n) is 7.06. The van der Waals surface area contributed by atoms with E-state index in [2.05, 4.69) is 10.3 Å². The smallest absolute Gasteiger partial charge is 0.407 e. The molecule has 2 aliphatic heterocycles. The Bertz CT molecular complexity index is 1860. The van der Waals surface area contributed by atoms with Crippen molar-refractivity contribution in [3.8, 4) is 16.5 Å². The maximum Gasteiger partial charge on any atom is 0.407 e. The normalized spacial score (nSPS) is 25.4. The number of rotatable bonds is 6. The van der Waals surface area contributed by atoms with Crippen LogP contribution in [0.1, 0.15) is 77.0 Å². The fraction of sp³-hybridized carbons (Fsp3) is 0.472. The highest BCUT2D eigenvalue weighted by Crippen LogP contribution is 2.39. The molecule has 14 heteroatoms. The molecule has 2 aliphatic carbocycles. The summed E-state index contributed by atoms with van der Waals surface area (Å²) in [6.07, 6.45) is 6.43. The van der Waals surface area contributed by atoms with Crippen molar-refractivity contribution in [3.63, 3.8) is 0 Å². The molecule has 1 saturated heterocycles. The minimum Gasteiger partial charge on any atom is -0.481 e. The summed E-state index contributed by atoms with van der Waals surface area (Å²) in [6.45, 7) is 0. The molecule has 7 rings (SSSR count). The molecule has 0 unspecified atom stereocenters. The highest BCUT2D eigenvalue weighted by Gasteiger charge is 2.47. The number of aromatic nitrogens is 2. The number of ether oxygens (including phenoxy) is 2. The van der Waals surface area contributed by atoms with Crippen LogP contribution in [-0.4, -0.2) is 74.4 Å². The Balaban J connectivity index is 1.24. The third-order valence-corrected chi connectivity index (χ3v) is 10.9. The predicted octanol–water partition coefficient (Wildman–Crippen LogP) is 6.71. The number of carboxylic acid groups (broad SMARTS) is 1. The minimum atomic E-state index is -1.13. The number of carbonyl (C=O) groups is 4. The fourth-order valence-corrected chi connectivity index (χ4v) is 7.93. The van der Waals surface area contributed by atoms with Crippen molar-refractivity contribution in [2.75, 3.05) is 0 Å². The SMILES string of the molecule is O=C(N[C@H]1CCCCC2=C(C2)/N=C\[C@@H]2[C@@H](C(=O)O)CC(=O)N2[C@H](Oc2nc3cc(Cl)ccc3nc2-c2cccs2)CCC1=O)OC1CCCC1. The second kappa shape index (κ2) is 14.9. The van der Waals surface area contributed by atoms with Gasteiger partial charge in [-0.2, -0.15) is 0 Å². The number of nitrogens with one attached hydrogen (secondary N) is 1. The molecule has 0 bridgehead atoms. The van der Waals surface area contributed by atoms with E-state index in [1.807, 2.05) is 17.5 Å². The zero-order chi connectivity index (χ0) is 34.8. The second-order valence-electron chi connectivity index (χ2n) is 13.3. The highest BCUT2D eigenvalue weighted by molar-refractivity contribution is 7.13. The first-order chi connectivity index (χ1) is 24.2. The van der Waals surface area contributed by atoms with Gasteiger partial charge in [-0.15, -0.1) is 11.3 Å². The van der Waals surface area contributed by atoms with E-state index in [0.29, 0.717) is 41.0 Å². The summed E-state index contributed by atoms with van der Waals surface area (Å²) < 4.78 is 12.2. The van der Waals surface area contributed by atoms with E-state index < -0.39 is 42.2 Å². The second-order valence-corrected chi connectivity index (χ2v) is 14.6. The van der Waals surface area contributed by atoms with Crippen LogP contribution >= 0.6 is 22.9 Å². The van der Waals surface area contributed by atoms with Crippen LogP contribution in [0.3, 0.4) is 0 Å². The van der Waals surface area contributed by atoms with Crippen LogP contribution < -0.4 is 10.1 Å². The van der Waals surface area contributed by atoms with Crippen LogP contribution in [0, 0.1) is 5.92 Å². The molecule has 12 nitrogen and oxygen atoms in total. The molecule has 4 atom stereocenters. The van der Waals surface area contributed by atoms with E-state index in [1.54, 1.807) is 24.4 Å². The Hall–Kier alpha value is -4.36. The Morgan fingerprint density at radius 2 is 1.82 bits per heavy atom. The number of halogens is 1. The molecule has 262 valence electrons. The van der Waals surface area contributed by atoms with Gasteiger partial charge in [-0.25, -0.2) is 14.8 Å². The van der Waals surface area contributed by atoms with Gasteiger partial charge in [-0.05, 0) is 80.2 Å². The number of alkyl carbamates (subject to hydrolysis) is 1. The lowest BCUT2D eigenvalue weighted by Gasteiger charge is -2.33. The first kappa shape index (κ1) is 34.1. The quantitative estimate of drug-likeness (QED) is 0.282. The number of carboxylic acids is 1. The number of ketones is 1. The van der Waals surface area contributed by atoms with E-state index in [4.69, 9.17) is 31.0 Å². The first-order valence-corrected chi connectivity index (χ1v) is 18.5. The standard InChI is InChI=1S/C36H38ClN5O7S/c37-21-11-12-24-27(17-21)40-34(33(39-24)30-10-5-15-50-30)49-32-14-13-29(43)25(41-36(47)48-22-7-2-3-8-22)9-4-1-6-20-16-26(20)38-19-28-23(35(45)46)18-31(44)42(28)32/h5,10-12,15,17,19,22-23,25,28,32H,1-4,6-9,13-14,16,18H2,(H,41,47)(H,45,46)/b38-19-/t23-,25-,28+,32+/m0/s1. The molecule has 4 aliphatic rings. The van der Waals surface area contributed by atoms with Gasteiger partial charge in [0.25, 0.3) is 0 Å². The average Bonchev–Trinajstić information content (AvgIpc) is 3.47. The van der Waals surface area contributed by atoms with Gasteiger partial charge in [0.2, 0.25) is 11.8 Å². The molecular weight excluding hydrogens is 682 g/mol. The average molecular weight is 720 g/mol. The van der Waals surface area contributed by atoms with Crippen molar-refractivity contribution in [1.82, 2.24) is 20.2 Å². The summed E-state index contributed by atoms with van der Waals surface area (Å²) >= 11 is 7.73. The van der Waals surface area contributed by atoms with Crippen LogP contribution in [0.15, 0.2) is 52.0 Å². The number of aliphatic imine (C=N–C) groups is 1. The number of allylic oxidation sites excluding steroid dienone is 2. The molecule has 3 aromatic rings. The van der Waals surface area contributed by atoms with Gasteiger partial charge in [0.1, 0.15) is 11.8 Å². The van der Waals surface area contributed by atoms with Crippen LogP contribution in [0.5, 0.6) is 5.88 Å². The molecule has 1 aromatic carbocycles. The van der Waals surface area contributed by atoms with Crippen molar-refractivity contribution in [1.29, 1.82) is 0 Å². The summed E-state index contributed by atoms with van der Waals surface area (Å²) in [5.74, 6) is -2.75. The number of aliphatic carboxylic acids is 1. The van der Waals surface area contributed by atoms with Crippen molar-refractivity contribution in [3.05, 3.63) is 52.0 Å². The van der Waals surface area contributed by atoms with Gasteiger partial charge >= 0.3 is 12.1 Å². The lowest BCUT2D eigenvalue weighted by atomic mass is 9.99. The molecule has 1 saturated carbocycles. The number of nitrogens with zero attached hydrogens (tertiary/aromatic N) is 4. The molecule has 4 heterocycles. The molecule has 2 amide bonds. The van der Waals surface area contributed by atoms with Crippen LogP contribution in [0.2, 0.25) is 5.02 Å². The molecule has 50 heavy (non-hydrogen) atoms. The maximum atomic E-state index is 13.9. The molecule has 0 radical (unpaired) electrons. The van der Waals surface area contributed by atoms with E-state index in [0.717, 1.165) is 54.7 Å². The van der Waals surface area contributed by atoms with Crippen LogP contribution in [-0.2, 0) is 19.1 Å². The number of thiophene rings is 1. The number of fused-ring (bicyclic) bond motifs is 2. The lowest BCUT2D eigenvalue weighted by Crippen LogP contribution is -2.49. The van der Waals surface area contributed by atoms with E-state index in [-0.39, 0.29) is 37.0 Å². The van der Waals surface area contributed by atoms with Crippen molar-refractivity contribution in [2.24, 2.45) is 10.9 Å². The lowest BCUT2D eigenvalue weighted by molar-refractivity contribution is -0.142. The summed E-state index contributed by atoms with van der Waals surface area (Å²) in [5, 5.41) is 15.3. The van der Waals surface area contributed by atoms with Gasteiger partial charge in [0, 0.05) is 42.6 Å². The van der Waals surface area contributed by atoms with Gasteiger partial charge in [0.05, 0.1) is 33.9 Å². The third kappa shape index (κ3) is 7.68. The topological polar surface area (TPSA) is 160 Å². The van der Waals surface area contributed by atoms with E-state index >= 15 is 0 Å². The van der Waals surface area contributed by atoms with Gasteiger partial charge in [0.15, 0.2) is 12.0 Å². The molecule has 2 aromatic heterocycles. The van der Waals surface area contributed by atoms with Crippen molar-refractivity contribution < 1.29 is 33.8 Å². The summed E-state index contributed by atoms with van der Waals surface area (Å²) in [6, 6.07) is 7.17. The van der Waals surface area contributed by atoms with E-state index in [1.165, 1.54) is 16.2 Å². The van der Waals surface area contributed by atoms with Crippen molar-refractivity contribution in [2.45, 2.75) is 101 Å². The molecule has 2 fully saturated rings. The van der Waals surface area contributed by atoms with Gasteiger partial charge in [-0.3, -0.25) is 24.3 Å². The largest absolute Gasteiger partial charge is 0.481 e. The molecule has 0 spiro atoms. The Morgan fingerprint density at radius 1 is 1.00 bits per heavy atom. The number of hydrogen-bond acceptors (Lipinski definition) is 10. The molecule has 2 N–H and O–H groups in total. The zero-order valence-corrected chi connectivity index (χ0v) is 29.0. The number of carbonyl (C=O) groups excluding carboxylic acids is 3. The van der Waals surface area contributed by atoms with Gasteiger partial charge < -0.3 is 19.9 Å². The number of amides is 2. The number of benzene rings is 1. The summed E-state index contributed by atoms with van der Waals surface area (Å²) in [7, 11) is 0. The zero-order valence-electron chi connectivity index (χ0n) is 27.4. The maximum absolute atomic E-state index is 13.9. The van der Waals surface area contributed by atoms with Gasteiger partial charge in [-0.1, -0.05) is 24.1 Å². The van der Waals surface area contributed by atoms with E-state index in [9.17, 15) is 24.3 Å². The minimum absolute atomic E-state index is 0.00416. The first-order valence-electron chi connectivity index (χ1n) is 17.2.